The molecule has 0 amide bonds. The van der Waals surface area contributed by atoms with Crippen molar-refractivity contribution in [2.75, 3.05) is 6.61 Å². The number of fused-ring (bicyclic) bond motifs is 2. The van der Waals surface area contributed by atoms with Crippen LogP contribution in [0.1, 0.15) is 39.2 Å². The summed E-state index contributed by atoms with van der Waals surface area (Å²) in [4.78, 5) is 16.8. The van der Waals surface area contributed by atoms with Gasteiger partial charge in [-0.25, -0.2) is 13.2 Å². The maximum Gasteiger partial charge on any atom is 0.330 e. The zero-order valence-electron chi connectivity index (χ0n) is 15.7. The van der Waals surface area contributed by atoms with Gasteiger partial charge < -0.3 is 4.74 Å². The van der Waals surface area contributed by atoms with Gasteiger partial charge in [-0.3, -0.25) is 9.71 Å². The van der Waals surface area contributed by atoms with Crippen LogP contribution in [-0.2, 0) is 19.6 Å². The fourth-order valence-corrected chi connectivity index (χ4v) is 5.63. The van der Waals surface area contributed by atoms with Gasteiger partial charge in [-0.05, 0) is 54.7 Å². The average Bonchev–Trinajstić information content (AvgIpc) is 2.90. The number of esters is 1. The van der Waals surface area contributed by atoms with Gasteiger partial charge in [-0.15, -0.1) is 0 Å². The van der Waals surface area contributed by atoms with Crippen LogP contribution in [0.3, 0.4) is 0 Å². The Bertz CT molecular complexity index is 962. The number of amidine groups is 1. The van der Waals surface area contributed by atoms with E-state index in [0.717, 1.165) is 12.3 Å². The molecule has 4 aliphatic rings. The second-order valence-electron chi connectivity index (χ2n) is 8.18. The van der Waals surface area contributed by atoms with Crippen molar-refractivity contribution in [2.45, 2.75) is 44.6 Å². The summed E-state index contributed by atoms with van der Waals surface area (Å²) in [5.41, 5.74) is 1.96. The van der Waals surface area contributed by atoms with Crippen molar-refractivity contribution in [3.05, 3.63) is 41.5 Å². The van der Waals surface area contributed by atoms with Crippen molar-refractivity contribution in [2.24, 2.45) is 22.2 Å². The van der Waals surface area contributed by atoms with Crippen LogP contribution in [-0.4, -0.2) is 32.9 Å². The van der Waals surface area contributed by atoms with Crippen molar-refractivity contribution in [1.82, 2.24) is 4.72 Å². The van der Waals surface area contributed by atoms with Crippen LogP contribution in [0.25, 0.3) is 0 Å². The molecule has 0 saturated heterocycles. The first kappa shape index (κ1) is 18.2. The Hall–Kier alpha value is -2.15. The maximum absolute atomic E-state index is 12.4. The standard InChI is InChI=1S/C20H24N2O4S/c1-12(21-18-15-6-4-5-7-17(15)27(24,25)22-18)19(23)26-11-13-8-9-14-10-16(13)20(14,2)3/h4-8,12,14,16H,9-11H2,1-3H3,(H,21,22)/t12-,14-,16-/m0/s1. The summed E-state index contributed by atoms with van der Waals surface area (Å²) in [6.07, 6.45) is 4.43. The van der Waals surface area contributed by atoms with E-state index in [1.165, 1.54) is 18.1 Å². The molecule has 5 rings (SSSR count). The molecule has 1 fully saturated rings. The largest absolute Gasteiger partial charge is 0.460 e. The number of rotatable bonds is 4. The van der Waals surface area contributed by atoms with Gasteiger partial charge in [0.2, 0.25) is 0 Å². The molecule has 27 heavy (non-hydrogen) atoms. The number of benzene rings is 1. The van der Waals surface area contributed by atoms with Gasteiger partial charge >= 0.3 is 5.97 Å². The van der Waals surface area contributed by atoms with Gasteiger partial charge in [-0.1, -0.05) is 32.1 Å². The first-order valence-electron chi connectivity index (χ1n) is 9.25. The summed E-state index contributed by atoms with van der Waals surface area (Å²) in [5, 5.41) is 0. The minimum Gasteiger partial charge on any atom is -0.460 e. The lowest BCUT2D eigenvalue weighted by molar-refractivity contribution is -0.144. The number of carbonyl (C=O) groups excluding carboxylic acids is 1. The molecule has 3 atom stereocenters. The normalized spacial score (nSPS) is 29.1. The highest BCUT2D eigenvalue weighted by molar-refractivity contribution is 7.90. The van der Waals surface area contributed by atoms with E-state index < -0.39 is 22.0 Å². The molecule has 1 saturated carbocycles. The summed E-state index contributed by atoms with van der Waals surface area (Å²) >= 11 is 0. The van der Waals surface area contributed by atoms with Crippen LogP contribution in [0.15, 0.2) is 45.8 Å². The average molecular weight is 388 g/mol. The lowest BCUT2D eigenvalue weighted by atomic mass is 9.49. The van der Waals surface area contributed by atoms with Gasteiger partial charge in [0.1, 0.15) is 18.5 Å². The monoisotopic (exact) mass is 388 g/mol. The second-order valence-corrected chi connectivity index (χ2v) is 9.84. The van der Waals surface area contributed by atoms with Crippen molar-refractivity contribution < 1.29 is 17.9 Å². The molecule has 7 heteroatoms. The highest BCUT2D eigenvalue weighted by Gasteiger charge is 2.51. The van der Waals surface area contributed by atoms with Crippen LogP contribution in [0, 0.1) is 17.3 Å². The number of nitrogens with one attached hydrogen (secondary N) is 1. The van der Waals surface area contributed by atoms with Gasteiger partial charge in [0.15, 0.2) is 0 Å². The van der Waals surface area contributed by atoms with Crippen LogP contribution in [0.5, 0.6) is 0 Å². The van der Waals surface area contributed by atoms with Crippen molar-refractivity contribution in [1.29, 1.82) is 0 Å². The molecule has 0 unspecified atom stereocenters. The van der Waals surface area contributed by atoms with E-state index in [-0.39, 0.29) is 22.8 Å². The number of carbonyl (C=O) groups is 1. The highest BCUT2D eigenvalue weighted by Crippen LogP contribution is 2.59. The molecular formula is C20H24N2O4S. The number of ether oxygens (including phenoxy) is 1. The fourth-order valence-electron chi connectivity index (χ4n) is 4.39. The zero-order valence-corrected chi connectivity index (χ0v) is 16.5. The number of sulfonamides is 1. The third-order valence-corrected chi connectivity index (χ3v) is 7.69. The Morgan fingerprint density at radius 3 is 2.81 bits per heavy atom. The Morgan fingerprint density at radius 2 is 2.11 bits per heavy atom. The van der Waals surface area contributed by atoms with Crippen LogP contribution >= 0.6 is 0 Å². The van der Waals surface area contributed by atoms with E-state index in [9.17, 15) is 13.2 Å². The molecule has 1 aromatic rings. The lowest BCUT2D eigenvalue weighted by Crippen LogP contribution is -2.48. The predicted molar refractivity (Wildman–Crippen MR) is 102 cm³/mol. The van der Waals surface area contributed by atoms with E-state index in [1.54, 1.807) is 25.1 Å². The Morgan fingerprint density at radius 1 is 1.37 bits per heavy atom. The third-order valence-electron chi connectivity index (χ3n) is 6.29. The highest BCUT2D eigenvalue weighted by atomic mass is 32.2. The number of hydrogen-bond donors (Lipinski definition) is 1. The minimum absolute atomic E-state index is 0.179. The fraction of sp³-hybridized carbons (Fsp3) is 0.500. The van der Waals surface area contributed by atoms with Crippen molar-refractivity contribution in [3.8, 4) is 0 Å². The van der Waals surface area contributed by atoms with E-state index >= 15 is 0 Å². The Kier molecular flexibility index (Phi) is 4.18. The first-order chi connectivity index (χ1) is 12.7. The number of nitrogens with zero attached hydrogens (tertiary/aromatic N) is 1. The van der Waals surface area contributed by atoms with Crippen molar-refractivity contribution >= 4 is 21.8 Å². The van der Waals surface area contributed by atoms with Gasteiger partial charge in [0, 0.05) is 5.56 Å². The number of hydrogen-bond acceptors (Lipinski definition) is 5. The second kappa shape index (κ2) is 6.19. The SMILES string of the molecule is C[C@H](N=C1NS(=O)(=O)c2ccccc21)C(=O)OCC1=CC[C@H]2C[C@@H]1C2(C)C. The Balaban J connectivity index is 1.44. The summed E-state index contributed by atoms with van der Waals surface area (Å²) in [7, 11) is -3.61. The molecule has 2 bridgehead atoms. The van der Waals surface area contributed by atoms with Crippen LogP contribution in [0.2, 0.25) is 0 Å². The van der Waals surface area contributed by atoms with Crippen LogP contribution < -0.4 is 4.72 Å². The maximum atomic E-state index is 12.4. The molecule has 0 aromatic heterocycles. The molecule has 0 spiro atoms. The van der Waals surface area contributed by atoms with E-state index in [4.69, 9.17) is 4.74 Å². The third kappa shape index (κ3) is 2.98. The summed E-state index contributed by atoms with van der Waals surface area (Å²) in [6, 6.07) is 5.80. The number of aliphatic imine (C=N–C) groups is 1. The van der Waals surface area contributed by atoms with E-state index in [0.29, 0.717) is 11.5 Å². The molecule has 6 nitrogen and oxygen atoms in total. The van der Waals surface area contributed by atoms with Crippen molar-refractivity contribution in [3.63, 3.8) is 0 Å². The van der Waals surface area contributed by atoms with Gasteiger partial charge in [0.05, 0.1) is 4.90 Å². The van der Waals surface area contributed by atoms with Gasteiger partial charge in [0.25, 0.3) is 10.0 Å². The summed E-state index contributed by atoms with van der Waals surface area (Å²) < 4.78 is 32.2. The number of allylic oxidation sites excluding steroid dienone is 1. The summed E-state index contributed by atoms with van der Waals surface area (Å²) in [6.45, 7) is 6.46. The Labute approximate surface area is 159 Å². The molecule has 144 valence electrons. The van der Waals surface area contributed by atoms with Gasteiger partial charge in [-0.2, -0.15) is 0 Å². The predicted octanol–water partition coefficient (Wildman–Crippen LogP) is 2.65. The molecular weight excluding hydrogens is 364 g/mol. The minimum atomic E-state index is -3.61. The molecule has 1 N–H and O–H groups in total. The molecule has 0 radical (unpaired) electrons. The van der Waals surface area contributed by atoms with E-state index in [1.807, 2.05) is 0 Å². The molecule has 1 aliphatic heterocycles. The molecule has 1 heterocycles. The first-order valence-corrected chi connectivity index (χ1v) is 10.7. The zero-order chi connectivity index (χ0) is 19.4. The molecule has 3 aliphatic carbocycles. The smallest absolute Gasteiger partial charge is 0.330 e. The van der Waals surface area contributed by atoms with Crippen LogP contribution in [0.4, 0.5) is 0 Å². The quantitative estimate of drug-likeness (QED) is 0.635. The lowest BCUT2D eigenvalue weighted by Gasteiger charge is -2.56. The summed E-state index contributed by atoms with van der Waals surface area (Å²) in [5.74, 6) is 0.961. The topological polar surface area (TPSA) is 84.8 Å². The van der Waals surface area contributed by atoms with E-state index in [2.05, 4.69) is 29.6 Å². The molecule has 1 aromatic carbocycles.